The molecular formula is C110H101BN4. The molecule has 0 unspecified atom stereocenters. The topological polar surface area (TPSA) is 14.7 Å². The van der Waals surface area contributed by atoms with Crippen LogP contribution in [0.3, 0.4) is 0 Å². The molecular weight excluding hydrogens is 1390 g/mol. The van der Waals surface area contributed by atoms with E-state index >= 15 is 0 Å². The van der Waals surface area contributed by atoms with E-state index in [4.69, 9.17) is 0 Å². The first-order valence-corrected chi connectivity index (χ1v) is 41.1. The van der Waals surface area contributed by atoms with Crippen molar-refractivity contribution >= 4 is 96.1 Å². The summed E-state index contributed by atoms with van der Waals surface area (Å²) in [5.41, 5.74) is 36.7. The number of anilines is 9. The number of aromatic nitrogens is 1. The van der Waals surface area contributed by atoms with Crippen LogP contribution in [0.2, 0.25) is 0 Å². The van der Waals surface area contributed by atoms with Crippen LogP contribution in [0.5, 0.6) is 0 Å². The van der Waals surface area contributed by atoms with E-state index in [-0.39, 0.29) is 33.8 Å². The van der Waals surface area contributed by atoms with Crippen LogP contribution in [0.25, 0.3) is 94.3 Å². The highest BCUT2D eigenvalue weighted by molar-refractivity contribution is 7.00. The van der Waals surface area contributed by atoms with Crippen molar-refractivity contribution in [3.8, 4) is 72.4 Å². The van der Waals surface area contributed by atoms with Gasteiger partial charge in [0.1, 0.15) is 0 Å². The molecule has 115 heavy (non-hydrogen) atoms. The Morgan fingerprint density at radius 1 is 0.226 bits per heavy atom. The van der Waals surface area contributed by atoms with Crippen molar-refractivity contribution in [1.82, 2.24) is 4.57 Å². The molecule has 3 heterocycles. The van der Waals surface area contributed by atoms with Crippen molar-refractivity contribution in [2.75, 3.05) is 14.7 Å². The normalized spacial score (nSPS) is 12.9. The van der Waals surface area contributed by atoms with Crippen molar-refractivity contribution in [3.63, 3.8) is 0 Å². The van der Waals surface area contributed by atoms with E-state index in [0.717, 1.165) is 124 Å². The van der Waals surface area contributed by atoms with Gasteiger partial charge in [0.25, 0.3) is 6.71 Å². The van der Waals surface area contributed by atoms with E-state index in [1.807, 2.05) is 0 Å². The number of hydrogen-bond acceptors (Lipinski definition) is 3. The molecule has 0 aliphatic carbocycles. The number of benzene rings is 15. The summed E-state index contributed by atoms with van der Waals surface area (Å²) in [5.74, 6) is 0. The van der Waals surface area contributed by atoms with Gasteiger partial charge in [0, 0.05) is 78.4 Å². The third-order valence-electron chi connectivity index (χ3n) is 24.2. The minimum Gasteiger partial charge on any atom is -0.310 e. The molecule has 0 saturated heterocycles. The second-order valence-electron chi connectivity index (χ2n) is 37.0. The summed E-state index contributed by atoms with van der Waals surface area (Å²) in [7, 11) is 0. The first kappa shape index (κ1) is 74.0. The van der Waals surface area contributed by atoms with Crippen LogP contribution in [0.1, 0.15) is 132 Å². The molecule has 2 aliphatic heterocycles. The van der Waals surface area contributed by atoms with E-state index in [2.05, 4.69) is 463 Å². The standard InChI is InChI=1S/C110H101BN4/c1-106(2,3)79-51-57-84(58-52-79)112(85-59-53-80(54-60-85)107(4,5)6)86-45-31-44-77(64-86)78-50-61-94-99(65-78)114(104-87(72-34-21-16-22-35-72)46-32-47-88(104)73-36-23-17-24-37-73)101-68-83(110(13,14)15)69-102-103(101)111(94)95-70-91(76-42-29-20-30-43-76)98(113-96-62-55-81(108(7,8)9)66-92(96)93-67-82(109(10,11)12)56-63-97(93)113)71-100(95)115(102)105-89(74-38-25-18-26-39-74)48-33-49-90(105)75-40-27-19-28-41-75/h16-71H,1-15H3. The van der Waals surface area contributed by atoms with Gasteiger partial charge in [0.2, 0.25) is 0 Å². The van der Waals surface area contributed by atoms with E-state index in [1.54, 1.807) is 0 Å². The predicted molar refractivity (Wildman–Crippen MR) is 496 cm³/mol. The molecule has 5 heteroatoms. The molecule has 18 rings (SSSR count). The Balaban J connectivity index is 0.990. The van der Waals surface area contributed by atoms with Gasteiger partial charge in [0.05, 0.1) is 28.1 Å². The lowest BCUT2D eigenvalue weighted by atomic mass is 9.33. The lowest BCUT2D eigenvalue weighted by Gasteiger charge is -2.46. The summed E-state index contributed by atoms with van der Waals surface area (Å²) in [4.78, 5) is 7.88. The van der Waals surface area contributed by atoms with Gasteiger partial charge >= 0.3 is 0 Å². The quantitative estimate of drug-likeness (QED) is 0.113. The Labute approximate surface area is 681 Å². The summed E-state index contributed by atoms with van der Waals surface area (Å²) in [6.07, 6.45) is 0. The molecule has 2 aliphatic rings. The second-order valence-corrected chi connectivity index (χ2v) is 37.0. The van der Waals surface area contributed by atoms with Gasteiger partial charge in [-0.2, -0.15) is 0 Å². The van der Waals surface area contributed by atoms with E-state index in [1.165, 1.54) is 66.0 Å². The van der Waals surface area contributed by atoms with Crippen molar-refractivity contribution in [1.29, 1.82) is 0 Å². The van der Waals surface area contributed by atoms with Crippen molar-refractivity contribution in [3.05, 3.63) is 368 Å². The number of nitrogens with zero attached hydrogens (tertiary/aromatic N) is 4. The lowest BCUT2D eigenvalue weighted by molar-refractivity contribution is 0.590. The first-order valence-electron chi connectivity index (χ1n) is 41.1. The molecule has 0 saturated carbocycles. The SMILES string of the molecule is CC(C)(C)c1ccc(N(c2ccc(C(C)(C)C)cc2)c2cccc(-c3ccc4c(c3)N(c3c(-c5ccccc5)cccc3-c3ccccc3)c3cc(C(C)(C)C)cc5c3B4c3cc(-c4ccccc4)c(-n4c6ccc(C(C)(C)C)cc6c6cc(C(C)(C)C)ccc64)cc3N5c3c(-c4ccccc4)cccc3-c3ccccc3)c2)cc1. The van der Waals surface area contributed by atoms with Crippen LogP contribution in [0, 0.1) is 0 Å². The fraction of sp³-hybridized carbons (Fsp3) is 0.182. The molecule has 0 atom stereocenters. The Morgan fingerprint density at radius 3 is 0.965 bits per heavy atom. The van der Waals surface area contributed by atoms with Gasteiger partial charge in [0.15, 0.2) is 0 Å². The zero-order valence-corrected chi connectivity index (χ0v) is 69.2. The predicted octanol–water partition coefficient (Wildman–Crippen LogP) is 28.8. The molecule has 15 aromatic carbocycles. The largest absolute Gasteiger partial charge is 0.310 e. The summed E-state index contributed by atoms with van der Waals surface area (Å²) in [6.45, 7) is 34.7. The maximum absolute atomic E-state index is 2.73. The van der Waals surface area contributed by atoms with Crippen molar-refractivity contribution < 1.29 is 0 Å². The average molecular weight is 1490 g/mol. The Bertz CT molecular complexity index is 6140. The van der Waals surface area contributed by atoms with Crippen LogP contribution < -0.4 is 31.1 Å². The van der Waals surface area contributed by atoms with Crippen LogP contribution in [-0.2, 0) is 27.1 Å². The third-order valence-corrected chi connectivity index (χ3v) is 24.2. The monoisotopic (exact) mass is 1490 g/mol. The van der Waals surface area contributed by atoms with Crippen LogP contribution in [0.15, 0.2) is 340 Å². The highest BCUT2D eigenvalue weighted by Crippen LogP contribution is 2.56. The Hall–Kier alpha value is -12.4. The minimum absolute atomic E-state index is 0.00872. The van der Waals surface area contributed by atoms with Gasteiger partial charge in [-0.25, -0.2) is 0 Å². The molecule has 0 spiro atoms. The Morgan fingerprint density at radius 2 is 0.574 bits per heavy atom. The zero-order chi connectivity index (χ0) is 79.6. The van der Waals surface area contributed by atoms with Crippen LogP contribution >= 0.6 is 0 Å². The number of hydrogen-bond donors (Lipinski definition) is 0. The minimum atomic E-state index is -0.348. The summed E-state index contributed by atoms with van der Waals surface area (Å²) in [6, 6.07) is 130. The highest BCUT2D eigenvalue weighted by Gasteiger charge is 2.47. The highest BCUT2D eigenvalue weighted by atomic mass is 15.2. The maximum Gasteiger partial charge on any atom is 0.252 e. The van der Waals surface area contributed by atoms with Gasteiger partial charge in [-0.1, -0.05) is 359 Å². The van der Waals surface area contributed by atoms with E-state index in [0.29, 0.717) is 0 Å². The number of rotatable bonds is 12. The third kappa shape index (κ3) is 13.4. The fourth-order valence-electron chi connectivity index (χ4n) is 17.8. The molecule has 0 bridgehead atoms. The van der Waals surface area contributed by atoms with Crippen LogP contribution in [-0.4, -0.2) is 11.3 Å². The zero-order valence-electron chi connectivity index (χ0n) is 69.2. The lowest BCUT2D eigenvalue weighted by Crippen LogP contribution is -2.61. The van der Waals surface area contributed by atoms with Gasteiger partial charge < -0.3 is 19.3 Å². The summed E-state index contributed by atoms with van der Waals surface area (Å²) in [5, 5.41) is 2.50. The molecule has 1 aromatic heterocycles. The van der Waals surface area contributed by atoms with E-state index < -0.39 is 0 Å². The molecule has 564 valence electrons. The van der Waals surface area contributed by atoms with Gasteiger partial charge in [-0.05, 0) is 195 Å². The molecule has 16 aromatic rings. The molecule has 0 fully saturated rings. The summed E-state index contributed by atoms with van der Waals surface area (Å²) >= 11 is 0. The first-order chi connectivity index (χ1) is 55.2. The Kier molecular flexibility index (Phi) is 18.2. The van der Waals surface area contributed by atoms with Crippen molar-refractivity contribution in [2.24, 2.45) is 0 Å². The van der Waals surface area contributed by atoms with Gasteiger partial charge in [-0.3, -0.25) is 0 Å². The maximum atomic E-state index is 2.73. The molecule has 0 amide bonds. The molecule has 0 N–H and O–H groups in total. The van der Waals surface area contributed by atoms with Crippen molar-refractivity contribution in [2.45, 2.75) is 131 Å². The van der Waals surface area contributed by atoms with E-state index in [9.17, 15) is 0 Å². The molecule has 0 radical (unpaired) electrons. The second kappa shape index (κ2) is 28.3. The molecule has 4 nitrogen and oxygen atoms in total. The van der Waals surface area contributed by atoms with Gasteiger partial charge in [-0.15, -0.1) is 0 Å². The summed E-state index contributed by atoms with van der Waals surface area (Å²) < 4.78 is 2.61. The van der Waals surface area contributed by atoms with Crippen LogP contribution in [0.4, 0.5) is 51.2 Å². The number of para-hydroxylation sites is 2. The fourth-order valence-corrected chi connectivity index (χ4v) is 17.8. The average Bonchev–Trinajstić information content (AvgIpc) is 1.15. The number of fused-ring (bicyclic) bond motifs is 7. The smallest absolute Gasteiger partial charge is 0.252 e.